The van der Waals surface area contributed by atoms with Gasteiger partial charge in [0.05, 0.1) is 4.88 Å². The maximum absolute atomic E-state index is 12.2. The summed E-state index contributed by atoms with van der Waals surface area (Å²) in [4.78, 5) is 15.9. The van der Waals surface area contributed by atoms with Crippen LogP contribution in [-0.2, 0) is 0 Å². The van der Waals surface area contributed by atoms with Crippen molar-refractivity contribution in [2.24, 2.45) is 5.92 Å². The molecule has 2 bridgehead atoms. The summed E-state index contributed by atoms with van der Waals surface area (Å²) in [5.41, 5.74) is 0. The summed E-state index contributed by atoms with van der Waals surface area (Å²) in [6.07, 6.45) is 2.37. The Kier molecular flexibility index (Phi) is 3.29. The second-order valence-corrected chi connectivity index (χ2v) is 6.47. The number of rotatable bonds is 2. The van der Waals surface area contributed by atoms with Crippen LogP contribution in [0.4, 0.5) is 0 Å². The van der Waals surface area contributed by atoms with E-state index < -0.39 is 0 Å². The standard InChI is InChI=1S/C14H17N3OS/c1-9-13(10-4-6-17(9)7-5-10)16-14(18)12-3-2-11(8-15)19-12/h2-3,9-10,13H,4-7H2,1H3,(H,16,18). The molecule has 0 spiro atoms. The molecule has 3 fully saturated rings. The molecule has 3 aliphatic rings. The lowest BCUT2D eigenvalue weighted by Gasteiger charge is -2.49. The van der Waals surface area contributed by atoms with Crippen LogP contribution in [0, 0.1) is 17.2 Å². The summed E-state index contributed by atoms with van der Waals surface area (Å²) in [6.45, 7) is 4.52. The van der Waals surface area contributed by atoms with Gasteiger partial charge < -0.3 is 5.32 Å². The molecule has 1 N–H and O–H groups in total. The topological polar surface area (TPSA) is 56.1 Å². The number of nitriles is 1. The number of carbonyl (C=O) groups excluding carboxylic acids is 1. The predicted molar refractivity (Wildman–Crippen MR) is 74.0 cm³/mol. The molecule has 0 aromatic carbocycles. The van der Waals surface area contributed by atoms with E-state index in [1.165, 1.54) is 24.2 Å². The van der Waals surface area contributed by atoms with Crippen molar-refractivity contribution in [3.8, 4) is 6.07 Å². The molecule has 1 amide bonds. The van der Waals surface area contributed by atoms with Gasteiger partial charge in [0.25, 0.3) is 5.91 Å². The summed E-state index contributed by atoms with van der Waals surface area (Å²) in [5, 5.41) is 12.0. The third kappa shape index (κ3) is 2.26. The Labute approximate surface area is 117 Å². The van der Waals surface area contributed by atoms with Gasteiger partial charge >= 0.3 is 0 Å². The van der Waals surface area contributed by atoms with Gasteiger partial charge in [0.1, 0.15) is 10.9 Å². The van der Waals surface area contributed by atoms with E-state index in [1.54, 1.807) is 12.1 Å². The molecular weight excluding hydrogens is 258 g/mol. The van der Waals surface area contributed by atoms with E-state index >= 15 is 0 Å². The lowest BCUT2D eigenvalue weighted by molar-refractivity contribution is 0.0218. The van der Waals surface area contributed by atoms with Crippen LogP contribution in [0.25, 0.3) is 0 Å². The number of carbonyl (C=O) groups is 1. The van der Waals surface area contributed by atoms with Crippen molar-refractivity contribution >= 4 is 17.2 Å². The fourth-order valence-electron chi connectivity index (χ4n) is 3.29. The zero-order chi connectivity index (χ0) is 13.4. The molecule has 2 atom stereocenters. The van der Waals surface area contributed by atoms with Crippen LogP contribution < -0.4 is 5.32 Å². The summed E-state index contributed by atoms with van der Waals surface area (Å²) >= 11 is 1.26. The second-order valence-electron chi connectivity index (χ2n) is 5.39. The Bertz CT molecular complexity index is 523. The van der Waals surface area contributed by atoms with Crippen LogP contribution in [0.3, 0.4) is 0 Å². The van der Waals surface area contributed by atoms with Crippen molar-refractivity contribution in [1.82, 2.24) is 10.2 Å². The number of fused-ring (bicyclic) bond motifs is 3. The van der Waals surface area contributed by atoms with E-state index in [4.69, 9.17) is 5.26 Å². The van der Waals surface area contributed by atoms with Gasteiger partial charge in [0.2, 0.25) is 0 Å². The quantitative estimate of drug-likeness (QED) is 0.896. The zero-order valence-electron chi connectivity index (χ0n) is 10.9. The number of nitrogens with zero attached hydrogens (tertiary/aromatic N) is 2. The largest absolute Gasteiger partial charge is 0.347 e. The van der Waals surface area contributed by atoms with Crippen molar-refractivity contribution in [3.63, 3.8) is 0 Å². The van der Waals surface area contributed by atoms with Crippen molar-refractivity contribution in [2.75, 3.05) is 13.1 Å². The first-order valence-electron chi connectivity index (χ1n) is 6.74. The van der Waals surface area contributed by atoms with Crippen molar-refractivity contribution < 1.29 is 4.79 Å². The van der Waals surface area contributed by atoms with Crippen molar-refractivity contribution in [1.29, 1.82) is 5.26 Å². The molecule has 3 aliphatic heterocycles. The fourth-order valence-corrected chi connectivity index (χ4v) is 3.99. The monoisotopic (exact) mass is 275 g/mol. The minimum atomic E-state index is -0.0305. The van der Waals surface area contributed by atoms with Crippen LogP contribution in [-0.4, -0.2) is 36.0 Å². The van der Waals surface area contributed by atoms with Gasteiger partial charge in [-0.15, -0.1) is 11.3 Å². The van der Waals surface area contributed by atoms with Gasteiger partial charge in [0.15, 0.2) is 0 Å². The molecular formula is C14H17N3OS. The zero-order valence-corrected chi connectivity index (χ0v) is 11.7. The molecule has 0 aliphatic carbocycles. The lowest BCUT2D eigenvalue weighted by atomic mass is 9.79. The minimum absolute atomic E-state index is 0.0305. The van der Waals surface area contributed by atoms with Crippen LogP contribution >= 0.6 is 11.3 Å². The second kappa shape index (κ2) is 4.95. The van der Waals surface area contributed by atoms with E-state index in [0.717, 1.165) is 13.1 Å². The van der Waals surface area contributed by atoms with Crippen LogP contribution in [0.1, 0.15) is 34.3 Å². The highest BCUT2D eigenvalue weighted by molar-refractivity contribution is 7.14. The summed E-state index contributed by atoms with van der Waals surface area (Å²) in [7, 11) is 0. The normalized spacial score (nSPS) is 32.8. The summed E-state index contributed by atoms with van der Waals surface area (Å²) in [6, 6.07) is 6.20. The Morgan fingerprint density at radius 1 is 1.47 bits per heavy atom. The molecule has 4 rings (SSSR count). The predicted octanol–water partition coefficient (Wildman–Crippen LogP) is 1.83. The molecule has 0 saturated carbocycles. The molecule has 100 valence electrons. The van der Waals surface area contributed by atoms with Gasteiger partial charge in [-0.1, -0.05) is 0 Å². The van der Waals surface area contributed by atoms with Gasteiger partial charge in [0, 0.05) is 12.1 Å². The van der Waals surface area contributed by atoms with E-state index in [2.05, 4.69) is 23.2 Å². The van der Waals surface area contributed by atoms with Gasteiger partial charge in [-0.05, 0) is 50.9 Å². The third-order valence-electron chi connectivity index (χ3n) is 4.42. The number of amides is 1. The molecule has 19 heavy (non-hydrogen) atoms. The number of hydrogen-bond donors (Lipinski definition) is 1. The maximum Gasteiger partial charge on any atom is 0.261 e. The molecule has 4 heterocycles. The van der Waals surface area contributed by atoms with Gasteiger partial charge in [-0.25, -0.2) is 0 Å². The number of piperidine rings is 3. The lowest BCUT2D eigenvalue weighted by Crippen LogP contribution is -2.62. The van der Waals surface area contributed by atoms with Crippen molar-refractivity contribution in [2.45, 2.75) is 31.8 Å². The number of hydrogen-bond acceptors (Lipinski definition) is 4. The number of nitrogens with one attached hydrogen (secondary N) is 1. The molecule has 3 saturated heterocycles. The summed E-state index contributed by atoms with van der Waals surface area (Å²) in [5.74, 6) is 0.580. The average Bonchev–Trinajstić information content (AvgIpc) is 2.92. The van der Waals surface area contributed by atoms with E-state index in [-0.39, 0.29) is 11.9 Å². The highest BCUT2D eigenvalue weighted by Crippen LogP contribution is 2.32. The van der Waals surface area contributed by atoms with Crippen molar-refractivity contribution in [3.05, 3.63) is 21.9 Å². The fraction of sp³-hybridized carbons (Fsp3) is 0.571. The highest BCUT2D eigenvalue weighted by atomic mass is 32.1. The maximum atomic E-state index is 12.2. The van der Waals surface area contributed by atoms with Crippen LogP contribution in [0.2, 0.25) is 0 Å². The third-order valence-corrected chi connectivity index (χ3v) is 5.40. The first-order chi connectivity index (χ1) is 9.19. The average molecular weight is 275 g/mol. The molecule has 4 nitrogen and oxygen atoms in total. The van der Waals surface area contributed by atoms with Crippen LogP contribution in [0.15, 0.2) is 12.1 Å². The molecule has 1 aromatic heterocycles. The molecule has 0 radical (unpaired) electrons. The Morgan fingerprint density at radius 2 is 2.21 bits per heavy atom. The first kappa shape index (κ1) is 12.6. The molecule has 2 unspecified atom stereocenters. The van der Waals surface area contributed by atoms with E-state index in [9.17, 15) is 4.79 Å². The highest BCUT2D eigenvalue weighted by Gasteiger charge is 2.40. The SMILES string of the molecule is CC1C(NC(=O)c2ccc(C#N)s2)C2CCN1CC2. The number of thiophene rings is 1. The smallest absolute Gasteiger partial charge is 0.261 e. The van der Waals surface area contributed by atoms with E-state index in [1.807, 2.05) is 0 Å². The van der Waals surface area contributed by atoms with Crippen LogP contribution in [0.5, 0.6) is 0 Å². The Balaban J connectivity index is 1.71. The first-order valence-corrected chi connectivity index (χ1v) is 7.55. The molecule has 1 aromatic rings. The van der Waals surface area contributed by atoms with Gasteiger partial charge in [-0.3, -0.25) is 9.69 Å². The Morgan fingerprint density at radius 3 is 2.79 bits per heavy atom. The Hall–Kier alpha value is -1.38. The van der Waals surface area contributed by atoms with Gasteiger partial charge in [-0.2, -0.15) is 5.26 Å². The van der Waals surface area contributed by atoms with E-state index in [0.29, 0.717) is 21.7 Å². The summed E-state index contributed by atoms with van der Waals surface area (Å²) < 4.78 is 0. The minimum Gasteiger partial charge on any atom is -0.347 e. The molecule has 5 heteroatoms.